The molecule has 0 radical (unpaired) electrons. The molecule has 0 aliphatic carbocycles. The second-order valence-electron chi connectivity index (χ2n) is 10.3. The first kappa shape index (κ1) is 27.1. The van der Waals surface area contributed by atoms with Crippen LogP contribution in [0.3, 0.4) is 0 Å². The fourth-order valence-corrected chi connectivity index (χ4v) is 6.23. The van der Waals surface area contributed by atoms with Crippen LogP contribution in [0, 0.1) is 12.7 Å². The summed E-state index contributed by atoms with van der Waals surface area (Å²) in [5.41, 5.74) is 2.31. The highest BCUT2D eigenvalue weighted by atomic mass is 79.9. The highest BCUT2D eigenvalue weighted by Crippen LogP contribution is 2.38. The Bertz CT molecular complexity index is 1370. The maximum absolute atomic E-state index is 14.3. The minimum absolute atomic E-state index is 0.0741. The number of carbonyl (C=O) groups is 2. The van der Waals surface area contributed by atoms with E-state index < -0.39 is 6.04 Å². The van der Waals surface area contributed by atoms with Crippen molar-refractivity contribution in [2.24, 2.45) is 0 Å². The maximum Gasteiger partial charge on any atom is 0.253 e. The fourth-order valence-electron chi connectivity index (χ4n) is 5.90. The summed E-state index contributed by atoms with van der Waals surface area (Å²) >= 11 is 3.25. The number of aromatic nitrogens is 1. The molecule has 3 aromatic rings. The maximum atomic E-state index is 14.3. The minimum atomic E-state index is -0.490. The third kappa shape index (κ3) is 5.64. The molecule has 2 amide bonds. The Kier molecular flexibility index (Phi) is 7.88. The molecule has 2 saturated heterocycles. The Balaban J connectivity index is 1.21. The summed E-state index contributed by atoms with van der Waals surface area (Å²) < 4.78 is 20.3. The van der Waals surface area contributed by atoms with Crippen molar-refractivity contribution < 1.29 is 18.7 Å². The van der Waals surface area contributed by atoms with Gasteiger partial charge in [-0.3, -0.25) is 9.59 Å². The molecule has 1 aromatic heterocycles. The van der Waals surface area contributed by atoms with E-state index in [-0.39, 0.29) is 35.8 Å². The summed E-state index contributed by atoms with van der Waals surface area (Å²) in [6.07, 6.45) is 5.33. The van der Waals surface area contributed by atoms with E-state index in [1.54, 1.807) is 38.4 Å². The average Bonchev–Trinajstić information content (AvgIpc) is 3.18. The van der Waals surface area contributed by atoms with Gasteiger partial charge in [-0.2, -0.15) is 0 Å². The van der Waals surface area contributed by atoms with Gasteiger partial charge in [0.2, 0.25) is 0 Å². The van der Waals surface area contributed by atoms with Gasteiger partial charge in [0, 0.05) is 45.5 Å². The Labute approximate surface area is 236 Å². The molecule has 7 nitrogen and oxygen atoms in total. The van der Waals surface area contributed by atoms with Crippen molar-refractivity contribution >= 4 is 33.6 Å². The van der Waals surface area contributed by atoms with Gasteiger partial charge >= 0.3 is 0 Å². The number of nitrogens with zero attached hydrogens (tertiary/aromatic N) is 2. The van der Waals surface area contributed by atoms with Crippen molar-refractivity contribution in [3.05, 3.63) is 87.3 Å². The molecule has 0 spiro atoms. The monoisotopic (exact) mass is 594 g/mol. The van der Waals surface area contributed by atoms with E-state index in [2.05, 4.69) is 36.4 Å². The van der Waals surface area contributed by atoms with E-state index in [0.717, 1.165) is 37.1 Å². The molecule has 3 unspecified atom stereocenters. The van der Waals surface area contributed by atoms with Crippen LogP contribution in [0.1, 0.15) is 70.5 Å². The second-order valence-corrected chi connectivity index (χ2v) is 11.2. The van der Waals surface area contributed by atoms with Gasteiger partial charge in [-0.25, -0.2) is 9.37 Å². The fraction of sp³-hybridized carbons (Fsp3) is 0.367. The van der Waals surface area contributed by atoms with Crippen molar-refractivity contribution in [3.63, 3.8) is 0 Å². The molecule has 5 rings (SSSR count). The summed E-state index contributed by atoms with van der Waals surface area (Å²) in [7, 11) is 1.61. The number of anilines is 1. The summed E-state index contributed by atoms with van der Waals surface area (Å²) in [6, 6.07) is 14.1. The molecule has 3 heterocycles. The second kappa shape index (κ2) is 11.3. The van der Waals surface area contributed by atoms with E-state index >= 15 is 0 Å². The number of rotatable bonds is 7. The number of amides is 2. The standard InChI is InChI=1S/C30H32BrFN4O3/c1-17-24(5-4-6-27(17)39-3)30(38)35-21-14-22-9-10-23(15-21)36(22)28-12-7-19(16-33-28)29(37)34-18(2)25-11-8-20(31)13-26(25)32/h4-8,11-13,16,18,21-23H,9-10,14-15H2,1-3H3,(H,34,37)(H,35,38). The zero-order valence-corrected chi connectivity index (χ0v) is 23.8. The molecule has 2 aliphatic rings. The van der Waals surface area contributed by atoms with Gasteiger partial charge in [-0.05, 0) is 75.9 Å². The number of hydrogen-bond donors (Lipinski definition) is 2. The van der Waals surface area contributed by atoms with Gasteiger partial charge in [-0.15, -0.1) is 0 Å². The first-order valence-corrected chi connectivity index (χ1v) is 14.0. The van der Waals surface area contributed by atoms with Crippen molar-refractivity contribution in [1.82, 2.24) is 15.6 Å². The number of benzene rings is 2. The Morgan fingerprint density at radius 3 is 2.49 bits per heavy atom. The molecule has 2 aromatic carbocycles. The van der Waals surface area contributed by atoms with Gasteiger partial charge in [-0.1, -0.05) is 28.1 Å². The number of carbonyl (C=O) groups excluding carboxylic acids is 2. The van der Waals surface area contributed by atoms with Crippen LogP contribution in [0.4, 0.5) is 10.2 Å². The molecule has 3 atom stereocenters. The largest absolute Gasteiger partial charge is 0.496 e. The Hall–Kier alpha value is -3.46. The van der Waals surface area contributed by atoms with Crippen LogP contribution in [0.5, 0.6) is 5.75 Å². The number of fused-ring (bicyclic) bond motifs is 2. The lowest BCUT2D eigenvalue weighted by atomic mass is 9.96. The van der Waals surface area contributed by atoms with Gasteiger partial charge in [0.1, 0.15) is 17.4 Å². The van der Waals surface area contributed by atoms with Crippen LogP contribution in [0.25, 0.3) is 0 Å². The van der Waals surface area contributed by atoms with Gasteiger partial charge < -0.3 is 20.3 Å². The number of hydrogen-bond acceptors (Lipinski definition) is 5. The summed E-state index contributed by atoms with van der Waals surface area (Å²) in [5, 5.41) is 6.09. The molecule has 39 heavy (non-hydrogen) atoms. The van der Waals surface area contributed by atoms with Crippen LogP contribution in [-0.4, -0.2) is 42.0 Å². The number of methoxy groups -OCH3 is 1. The molecule has 9 heteroatoms. The van der Waals surface area contributed by atoms with Crippen LogP contribution in [0.15, 0.2) is 59.2 Å². The summed E-state index contributed by atoms with van der Waals surface area (Å²) in [5.74, 6) is 0.783. The molecule has 2 fully saturated rings. The molecular weight excluding hydrogens is 563 g/mol. The number of piperidine rings is 1. The molecule has 204 valence electrons. The topological polar surface area (TPSA) is 83.6 Å². The number of ether oxygens (including phenoxy) is 1. The highest BCUT2D eigenvalue weighted by Gasteiger charge is 2.42. The smallest absolute Gasteiger partial charge is 0.253 e. The van der Waals surface area contributed by atoms with Crippen LogP contribution in [-0.2, 0) is 0 Å². The molecule has 2 N–H and O–H groups in total. The highest BCUT2D eigenvalue weighted by molar-refractivity contribution is 9.10. The molecule has 2 aliphatic heterocycles. The van der Waals surface area contributed by atoms with E-state index in [4.69, 9.17) is 4.74 Å². The third-order valence-electron chi connectivity index (χ3n) is 7.87. The zero-order valence-electron chi connectivity index (χ0n) is 22.2. The van der Waals surface area contributed by atoms with Crippen molar-refractivity contribution in [3.8, 4) is 5.75 Å². The lowest BCUT2D eigenvalue weighted by Crippen LogP contribution is -2.50. The minimum Gasteiger partial charge on any atom is -0.496 e. The lowest BCUT2D eigenvalue weighted by molar-refractivity contribution is 0.0922. The molecule has 2 bridgehead atoms. The van der Waals surface area contributed by atoms with Gasteiger partial charge in [0.05, 0.1) is 18.7 Å². The third-order valence-corrected chi connectivity index (χ3v) is 8.36. The number of halogens is 2. The normalized spacial score (nSPS) is 20.8. The lowest BCUT2D eigenvalue weighted by Gasteiger charge is -2.40. The summed E-state index contributed by atoms with van der Waals surface area (Å²) in [6.45, 7) is 3.65. The van der Waals surface area contributed by atoms with Crippen LogP contribution >= 0.6 is 15.9 Å². The Morgan fingerprint density at radius 1 is 1.10 bits per heavy atom. The van der Waals surface area contributed by atoms with Crippen LogP contribution in [0.2, 0.25) is 0 Å². The van der Waals surface area contributed by atoms with Crippen molar-refractivity contribution in [2.45, 2.75) is 63.7 Å². The number of nitrogens with one attached hydrogen (secondary N) is 2. The van der Waals surface area contributed by atoms with Gasteiger partial charge in [0.25, 0.3) is 11.8 Å². The SMILES string of the molecule is COc1cccc(C(=O)NC2CC3CCC(C2)N3c2ccc(C(=O)NC(C)c3ccc(Br)cc3F)cn2)c1C. The van der Waals surface area contributed by atoms with E-state index in [1.807, 2.05) is 31.2 Å². The van der Waals surface area contributed by atoms with E-state index in [0.29, 0.717) is 26.9 Å². The number of pyridine rings is 1. The zero-order chi connectivity index (χ0) is 27.7. The Morgan fingerprint density at radius 2 is 1.85 bits per heavy atom. The summed E-state index contributed by atoms with van der Waals surface area (Å²) in [4.78, 5) is 32.8. The van der Waals surface area contributed by atoms with Crippen LogP contribution < -0.4 is 20.3 Å². The first-order chi connectivity index (χ1) is 18.7. The van der Waals surface area contributed by atoms with Crippen molar-refractivity contribution in [1.29, 1.82) is 0 Å². The van der Waals surface area contributed by atoms with Gasteiger partial charge in [0.15, 0.2) is 0 Å². The molecular formula is C30H32BrFN4O3. The predicted molar refractivity (Wildman–Crippen MR) is 152 cm³/mol. The van der Waals surface area contributed by atoms with E-state index in [1.165, 1.54) is 6.07 Å². The quantitative estimate of drug-likeness (QED) is 0.365. The first-order valence-electron chi connectivity index (χ1n) is 13.2. The average molecular weight is 596 g/mol. The van der Waals surface area contributed by atoms with Crippen molar-refractivity contribution in [2.75, 3.05) is 12.0 Å². The van der Waals surface area contributed by atoms with E-state index in [9.17, 15) is 14.0 Å². The molecule has 0 saturated carbocycles. The predicted octanol–water partition coefficient (Wildman–Crippen LogP) is 5.72.